The Bertz CT molecular complexity index is 401. The summed E-state index contributed by atoms with van der Waals surface area (Å²) in [5.74, 6) is 0.0963. The fourth-order valence-electron chi connectivity index (χ4n) is 1.79. The molecular weight excluding hydrogens is 232 g/mol. The van der Waals surface area contributed by atoms with Gasteiger partial charge in [0, 0.05) is 0 Å². The molecule has 0 aromatic heterocycles. The minimum absolute atomic E-state index is 0.208. The Morgan fingerprint density at radius 1 is 1.28 bits per heavy atom. The molecule has 1 aromatic rings. The van der Waals surface area contributed by atoms with E-state index >= 15 is 0 Å². The van der Waals surface area contributed by atoms with Gasteiger partial charge in [0.1, 0.15) is 11.9 Å². The molecule has 0 spiro atoms. The maximum absolute atomic E-state index is 12.1. The zero-order valence-corrected chi connectivity index (χ0v) is 11.0. The second-order valence-electron chi connectivity index (χ2n) is 4.71. The van der Waals surface area contributed by atoms with E-state index < -0.39 is 18.0 Å². The minimum Gasteiger partial charge on any atom is -0.496 e. The monoisotopic (exact) mass is 252 g/mol. The van der Waals surface area contributed by atoms with Crippen LogP contribution in [-0.2, 0) is 0 Å². The lowest BCUT2D eigenvalue weighted by Crippen LogP contribution is -2.35. The summed E-state index contributed by atoms with van der Waals surface area (Å²) in [7, 11) is 1.46. The number of carbonyl (C=O) groups is 1. The number of ketones is 1. The minimum atomic E-state index is -1.41. The number of benzene rings is 1. The van der Waals surface area contributed by atoms with Crippen molar-refractivity contribution >= 4 is 5.78 Å². The first-order valence-electron chi connectivity index (χ1n) is 6.00. The first-order chi connectivity index (χ1) is 8.47. The van der Waals surface area contributed by atoms with Crippen molar-refractivity contribution in [2.75, 3.05) is 7.11 Å². The van der Waals surface area contributed by atoms with Crippen molar-refractivity contribution in [2.24, 2.45) is 5.92 Å². The van der Waals surface area contributed by atoms with Gasteiger partial charge in [0.05, 0.1) is 18.8 Å². The molecule has 1 aromatic carbocycles. The summed E-state index contributed by atoms with van der Waals surface area (Å²) in [5, 5.41) is 19.6. The van der Waals surface area contributed by atoms with Crippen LogP contribution in [0.25, 0.3) is 0 Å². The smallest absolute Gasteiger partial charge is 0.197 e. The number of ether oxygens (including phenoxy) is 1. The predicted molar refractivity (Wildman–Crippen MR) is 68.8 cm³/mol. The van der Waals surface area contributed by atoms with E-state index in [0.717, 1.165) is 0 Å². The Hall–Kier alpha value is -1.39. The van der Waals surface area contributed by atoms with Crippen molar-refractivity contribution in [3.8, 4) is 5.75 Å². The molecule has 0 saturated carbocycles. The van der Waals surface area contributed by atoms with Crippen molar-refractivity contribution in [3.05, 3.63) is 29.8 Å². The highest BCUT2D eigenvalue weighted by molar-refractivity contribution is 6.02. The van der Waals surface area contributed by atoms with Gasteiger partial charge in [0.25, 0.3) is 0 Å². The topological polar surface area (TPSA) is 66.8 Å². The molecular formula is C14H20O4. The van der Waals surface area contributed by atoms with E-state index in [1.54, 1.807) is 24.3 Å². The summed E-state index contributed by atoms with van der Waals surface area (Å²) in [4.78, 5) is 12.1. The predicted octanol–water partition coefficient (Wildman–Crippen LogP) is 1.65. The highest BCUT2D eigenvalue weighted by Crippen LogP contribution is 2.21. The van der Waals surface area contributed by atoms with Crippen LogP contribution in [0.2, 0.25) is 0 Å². The number of aliphatic hydroxyl groups excluding tert-OH is 2. The number of carbonyl (C=O) groups excluding carboxylic acids is 1. The first kappa shape index (κ1) is 14.7. The van der Waals surface area contributed by atoms with Crippen molar-refractivity contribution in [3.63, 3.8) is 0 Å². The number of hydrogen-bond acceptors (Lipinski definition) is 4. The maximum atomic E-state index is 12.1. The third-order valence-electron chi connectivity index (χ3n) is 2.72. The second-order valence-corrected chi connectivity index (χ2v) is 4.71. The molecule has 0 aliphatic heterocycles. The average molecular weight is 252 g/mol. The molecule has 18 heavy (non-hydrogen) atoms. The molecule has 2 atom stereocenters. The molecule has 0 aliphatic rings. The highest BCUT2D eigenvalue weighted by Gasteiger charge is 2.27. The van der Waals surface area contributed by atoms with Gasteiger partial charge in [0.15, 0.2) is 5.78 Å². The molecule has 0 unspecified atom stereocenters. The number of Topliss-reactive ketones (excluding diaryl/α,β-unsaturated/α-hetero) is 1. The lowest BCUT2D eigenvalue weighted by Gasteiger charge is -2.19. The van der Waals surface area contributed by atoms with Crippen LogP contribution in [-0.4, -0.2) is 35.3 Å². The Labute approximate surface area is 107 Å². The van der Waals surface area contributed by atoms with Gasteiger partial charge in [-0.25, -0.2) is 0 Å². The average Bonchev–Trinajstić information content (AvgIpc) is 2.36. The molecule has 1 rings (SSSR count). The summed E-state index contributed by atoms with van der Waals surface area (Å²) in [6, 6.07) is 6.66. The van der Waals surface area contributed by atoms with Gasteiger partial charge >= 0.3 is 0 Å². The number of rotatable bonds is 6. The molecule has 0 heterocycles. The van der Waals surface area contributed by atoms with Gasteiger partial charge in [-0.2, -0.15) is 0 Å². The van der Waals surface area contributed by atoms with Crippen LogP contribution < -0.4 is 4.74 Å². The van der Waals surface area contributed by atoms with Crippen LogP contribution >= 0.6 is 0 Å². The van der Waals surface area contributed by atoms with Crippen LogP contribution in [0.1, 0.15) is 30.6 Å². The lowest BCUT2D eigenvalue weighted by molar-refractivity contribution is 0.0126. The fraction of sp³-hybridized carbons (Fsp3) is 0.500. The molecule has 4 nitrogen and oxygen atoms in total. The largest absolute Gasteiger partial charge is 0.496 e. The molecule has 0 saturated heterocycles. The summed E-state index contributed by atoms with van der Waals surface area (Å²) in [6.45, 7) is 3.84. The standard InChI is InChI=1S/C14H20O4/c1-9(2)8-11(15)14(17)13(16)10-6-4-5-7-12(10)18-3/h4-7,9,11,14-15,17H,8H2,1-3H3/t11-,14-/m1/s1. The molecule has 0 amide bonds. The van der Waals surface area contributed by atoms with E-state index in [4.69, 9.17) is 4.74 Å². The summed E-state index contributed by atoms with van der Waals surface area (Å²) in [5.41, 5.74) is 0.287. The highest BCUT2D eigenvalue weighted by atomic mass is 16.5. The van der Waals surface area contributed by atoms with Gasteiger partial charge < -0.3 is 14.9 Å². The molecule has 2 N–H and O–H groups in total. The molecule has 100 valence electrons. The van der Waals surface area contributed by atoms with Crippen molar-refractivity contribution in [1.82, 2.24) is 0 Å². The molecule has 4 heteroatoms. The van der Waals surface area contributed by atoms with Crippen LogP contribution in [0.4, 0.5) is 0 Å². The van der Waals surface area contributed by atoms with Gasteiger partial charge in [-0.3, -0.25) is 4.79 Å². The zero-order chi connectivity index (χ0) is 13.7. The van der Waals surface area contributed by atoms with Gasteiger partial charge in [-0.1, -0.05) is 26.0 Å². The normalized spacial score (nSPS) is 14.3. The summed E-state index contributed by atoms with van der Waals surface area (Å²) in [6.07, 6.45) is -2.09. The molecule has 0 fully saturated rings. The van der Waals surface area contributed by atoms with Crippen LogP contribution in [0.15, 0.2) is 24.3 Å². The third kappa shape index (κ3) is 3.55. The van der Waals surface area contributed by atoms with Gasteiger partial charge in [-0.05, 0) is 24.5 Å². The molecule has 0 radical (unpaired) electrons. The van der Waals surface area contributed by atoms with Crippen molar-refractivity contribution in [2.45, 2.75) is 32.5 Å². The van der Waals surface area contributed by atoms with E-state index in [-0.39, 0.29) is 11.5 Å². The Morgan fingerprint density at radius 3 is 2.44 bits per heavy atom. The number of hydrogen-bond donors (Lipinski definition) is 2. The second kappa shape index (κ2) is 6.52. The third-order valence-corrected chi connectivity index (χ3v) is 2.72. The van der Waals surface area contributed by atoms with Crippen LogP contribution in [0, 0.1) is 5.92 Å². The summed E-state index contributed by atoms with van der Waals surface area (Å²) < 4.78 is 5.06. The number of methoxy groups -OCH3 is 1. The quantitative estimate of drug-likeness (QED) is 0.755. The van der Waals surface area contributed by atoms with Crippen molar-refractivity contribution in [1.29, 1.82) is 0 Å². The van der Waals surface area contributed by atoms with Crippen LogP contribution in [0.5, 0.6) is 5.75 Å². The molecule has 0 aliphatic carbocycles. The maximum Gasteiger partial charge on any atom is 0.197 e. The van der Waals surface area contributed by atoms with E-state index in [1.807, 2.05) is 13.8 Å². The Balaban J connectivity index is 2.86. The van der Waals surface area contributed by atoms with Gasteiger partial charge in [0.2, 0.25) is 0 Å². The molecule has 0 bridgehead atoms. The Morgan fingerprint density at radius 2 is 1.89 bits per heavy atom. The number of para-hydroxylation sites is 1. The lowest BCUT2D eigenvalue weighted by atomic mass is 9.96. The van der Waals surface area contributed by atoms with Crippen LogP contribution in [0.3, 0.4) is 0 Å². The number of aliphatic hydroxyl groups is 2. The van der Waals surface area contributed by atoms with Gasteiger partial charge in [-0.15, -0.1) is 0 Å². The van der Waals surface area contributed by atoms with E-state index in [0.29, 0.717) is 12.2 Å². The zero-order valence-electron chi connectivity index (χ0n) is 11.0. The van der Waals surface area contributed by atoms with E-state index in [9.17, 15) is 15.0 Å². The van der Waals surface area contributed by atoms with E-state index in [2.05, 4.69) is 0 Å². The van der Waals surface area contributed by atoms with Crippen molar-refractivity contribution < 1.29 is 19.7 Å². The fourth-order valence-corrected chi connectivity index (χ4v) is 1.79. The summed E-state index contributed by atoms with van der Waals surface area (Å²) >= 11 is 0. The van der Waals surface area contributed by atoms with E-state index in [1.165, 1.54) is 7.11 Å². The SMILES string of the molecule is COc1ccccc1C(=O)[C@H](O)[C@H](O)CC(C)C. The first-order valence-corrected chi connectivity index (χ1v) is 6.00. The Kier molecular flexibility index (Phi) is 5.31.